The molecule has 1 unspecified atom stereocenters. The fourth-order valence-electron chi connectivity index (χ4n) is 2.28. The lowest BCUT2D eigenvalue weighted by Gasteiger charge is -2.14. The molecule has 1 atom stereocenters. The van der Waals surface area contributed by atoms with E-state index in [1.54, 1.807) is 0 Å². The van der Waals surface area contributed by atoms with Crippen LogP contribution in [0.25, 0.3) is 10.9 Å². The molecule has 4 nitrogen and oxygen atoms in total. The minimum Gasteiger partial charge on any atom is -0.391 e. The Morgan fingerprint density at radius 1 is 1.40 bits per heavy atom. The Morgan fingerprint density at radius 3 is 2.85 bits per heavy atom. The Bertz CT molecular complexity index is 602. The normalized spacial score (nSPS) is 12.8. The van der Waals surface area contributed by atoms with Crippen molar-refractivity contribution in [1.82, 2.24) is 10.3 Å². The van der Waals surface area contributed by atoms with Gasteiger partial charge in [0, 0.05) is 23.6 Å². The van der Waals surface area contributed by atoms with E-state index in [1.807, 2.05) is 45.2 Å². The fraction of sp³-hybridized carbons (Fsp3) is 0.438. The van der Waals surface area contributed by atoms with Crippen LogP contribution in [0.5, 0.6) is 0 Å². The van der Waals surface area contributed by atoms with Crippen molar-refractivity contribution >= 4 is 16.8 Å². The molecule has 2 aromatic rings. The van der Waals surface area contributed by atoms with Crippen molar-refractivity contribution in [3.8, 4) is 0 Å². The Kier molecular flexibility index (Phi) is 4.45. The lowest BCUT2D eigenvalue weighted by atomic mass is 10.0. The van der Waals surface area contributed by atoms with Gasteiger partial charge in [0.05, 0.1) is 12.5 Å². The van der Waals surface area contributed by atoms with Crippen molar-refractivity contribution in [2.45, 2.75) is 33.3 Å². The number of aromatic amines is 1. The first-order valence-electron chi connectivity index (χ1n) is 6.99. The second-order valence-corrected chi connectivity index (χ2v) is 5.60. The number of aryl methyl sites for hydroxylation is 1. The molecule has 4 heteroatoms. The van der Waals surface area contributed by atoms with Crippen LogP contribution in [0, 0.1) is 12.8 Å². The average Bonchev–Trinajstić information content (AvgIpc) is 2.80. The molecule has 0 saturated heterocycles. The van der Waals surface area contributed by atoms with Crippen LogP contribution in [0.3, 0.4) is 0 Å². The van der Waals surface area contributed by atoms with Gasteiger partial charge in [-0.05, 0) is 30.0 Å². The SMILES string of the molecule is Cc1cccc2[nH]cc(CC(=O)NCC(O)C(C)C)c12. The molecule has 1 aromatic heterocycles. The van der Waals surface area contributed by atoms with Crippen molar-refractivity contribution in [3.63, 3.8) is 0 Å². The molecule has 2 rings (SSSR count). The predicted molar refractivity (Wildman–Crippen MR) is 80.6 cm³/mol. The molecule has 1 aromatic carbocycles. The van der Waals surface area contributed by atoms with Crippen LogP contribution in [-0.4, -0.2) is 28.6 Å². The van der Waals surface area contributed by atoms with Gasteiger partial charge in [0.15, 0.2) is 0 Å². The number of fused-ring (bicyclic) bond motifs is 1. The van der Waals surface area contributed by atoms with Gasteiger partial charge in [0.2, 0.25) is 5.91 Å². The van der Waals surface area contributed by atoms with Crippen LogP contribution in [0.15, 0.2) is 24.4 Å². The molecule has 3 N–H and O–H groups in total. The predicted octanol–water partition coefficient (Wildman–Crippen LogP) is 2.15. The highest BCUT2D eigenvalue weighted by Crippen LogP contribution is 2.22. The highest BCUT2D eigenvalue weighted by molar-refractivity contribution is 5.91. The molecule has 20 heavy (non-hydrogen) atoms. The van der Waals surface area contributed by atoms with E-state index in [9.17, 15) is 9.90 Å². The zero-order valence-corrected chi connectivity index (χ0v) is 12.2. The van der Waals surface area contributed by atoms with Crippen molar-refractivity contribution in [3.05, 3.63) is 35.5 Å². The minimum absolute atomic E-state index is 0.0612. The van der Waals surface area contributed by atoms with Crippen molar-refractivity contribution in [1.29, 1.82) is 0 Å². The van der Waals surface area contributed by atoms with Crippen LogP contribution in [-0.2, 0) is 11.2 Å². The highest BCUT2D eigenvalue weighted by atomic mass is 16.3. The van der Waals surface area contributed by atoms with Gasteiger partial charge in [0.1, 0.15) is 0 Å². The van der Waals surface area contributed by atoms with Gasteiger partial charge in [0.25, 0.3) is 0 Å². The maximum absolute atomic E-state index is 12.0. The van der Waals surface area contributed by atoms with E-state index in [2.05, 4.69) is 10.3 Å². The second-order valence-electron chi connectivity index (χ2n) is 5.60. The Balaban J connectivity index is 2.03. The first-order valence-corrected chi connectivity index (χ1v) is 6.99. The molecular formula is C16H22N2O2. The summed E-state index contributed by atoms with van der Waals surface area (Å²) in [4.78, 5) is 15.1. The molecule has 0 fully saturated rings. The van der Waals surface area contributed by atoms with Crippen LogP contribution >= 0.6 is 0 Å². The lowest BCUT2D eigenvalue weighted by molar-refractivity contribution is -0.121. The van der Waals surface area contributed by atoms with Crippen molar-refractivity contribution in [2.75, 3.05) is 6.54 Å². The number of aliphatic hydroxyl groups is 1. The molecule has 0 aliphatic rings. The van der Waals surface area contributed by atoms with Crippen LogP contribution in [0.2, 0.25) is 0 Å². The van der Waals surface area contributed by atoms with Gasteiger partial charge in [-0.15, -0.1) is 0 Å². The third-order valence-electron chi connectivity index (χ3n) is 3.62. The summed E-state index contributed by atoms with van der Waals surface area (Å²) in [6.45, 7) is 6.21. The first-order chi connectivity index (χ1) is 9.49. The molecule has 0 saturated carbocycles. The van der Waals surface area contributed by atoms with Crippen molar-refractivity contribution < 1.29 is 9.90 Å². The topological polar surface area (TPSA) is 65.1 Å². The number of hydrogen-bond donors (Lipinski definition) is 3. The molecule has 108 valence electrons. The average molecular weight is 274 g/mol. The van der Waals surface area contributed by atoms with Crippen LogP contribution in [0.4, 0.5) is 0 Å². The first kappa shape index (κ1) is 14.6. The quantitative estimate of drug-likeness (QED) is 0.782. The maximum Gasteiger partial charge on any atom is 0.224 e. The van der Waals surface area contributed by atoms with E-state index < -0.39 is 6.10 Å². The largest absolute Gasteiger partial charge is 0.391 e. The summed E-state index contributed by atoms with van der Waals surface area (Å²) in [7, 11) is 0. The number of carbonyl (C=O) groups excluding carboxylic acids is 1. The van der Waals surface area contributed by atoms with Crippen LogP contribution < -0.4 is 5.32 Å². The summed E-state index contributed by atoms with van der Waals surface area (Å²) in [5, 5.41) is 13.6. The van der Waals surface area contributed by atoms with Crippen LogP contribution in [0.1, 0.15) is 25.0 Å². The van der Waals surface area contributed by atoms with E-state index >= 15 is 0 Å². The summed E-state index contributed by atoms with van der Waals surface area (Å²) in [5.74, 6) is 0.0829. The van der Waals surface area contributed by atoms with E-state index in [4.69, 9.17) is 0 Å². The number of rotatable bonds is 5. The van der Waals surface area contributed by atoms with Gasteiger partial charge in [-0.1, -0.05) is 26.0 Å². The Labute approximate surface area is 119 Å². The molecular weight excluding hydrogens is 252 g/mol. The summed E-state index contributed by atoms with van der Waals surface area (Å²) in [6.07, 6.45) is 1.72. The lowest BCUT2D eigenvalue weighted by Crippen LogP contribution is -2.35. The van der Waals surface area contributed by atoms with Crippen molar-refractivity contribution in [2.24, 2.45) is 5.92 Å². The number of carbonyl (C=O) groups is 1. The number of aromatic nitrogens is 1. The molecule has 0 aliphatic heterocycles. The Morgan fingerprint density at radius 2 is 2.15 bits per heavy atom. The number of hydrogen-bond acceptors (Lipinski definition) is 2. The highest BCUT2D eigenvalue weighted by Gasteiger charge is 2.13. The molecule has 0 aliphatic carbocycles. The molecule has 1 amide bonds. The molecule has 0 spiro atoms. The summed E-state index contributed by atoms with van der Waals surface area (Å²) < 4.78 is 0. The molecule has 0 radical (unpaired) electrons. The third-order valence-corrected chi connectivity index (χ3v) is 3.62. The zero-order valence-electron chi connectivity index (χ0n) is 12.2. The standard InChI is InChI=1S/C16H22N2O2/c1-10(2)14(19)9-18-15(20)7-12-8-17-13-6-4-5-11(3)16(12)13/h4-6,8,10,14,17,19H,7,9H2,1-3H3,(H,18,20). The number of aliphatic hydroxyl groups excluding tert-OH is 1. The van der Waals surface area contributed by atoms with Gasteiger partial charge in [-0.2, -0.15) is 0 Å². The molecule has 0 bridgehead atoms. The Hall–Kier alpha value is -1.81. The van der Waals surface area contributed by atoms with E-state index in [-0.39, 0.29) is 11.8 Å². The smallest absolute Gasteiger partial charge is 0.224 e. The second kappa shape index (κ2) is 6.09. The number of nitrogens with one attached hydrogen (secondary N) is 2. The van der Waals surface area contributed by atoms with Gasteiger partial charge in [-0.3, -0.25) is 4.79 Å². The molecule has 1 heterocycles. The number of benzene rings is 1. The number of amides is 1. The summed E-state index contributed by atoms with van der Waals surface area (Å²) >= 11 is 0. The van der Waals surface area contributed by atoms with E-state index in [0.717, 1.165) is 22.0 Å². The summed E-state index contributed by atoms with van der Waals surface area (Å²) in [6, 6.07) is 6.05. The number of H-pyrrole nitrogens is 1. The van der Waals surface area contributed by atoms with Gasteiger partial charge < -0.3 is 15.4 Å². The summed E-state index contributed by atoms with van der Waals surface area (Å²) in [5.41, 5.74) is 3.21. The van der Waals surface area contributed by atoms with Gasteiger partial charge >= 0.3 is 0 Å². The third kappa shape index (κ3) is 3.20. The minimum atomic E-state index is -0.497. The van der Waals surface area contributed by atoms with Gasteiger partial charge in [-0.25, -0.2) is 0 Å². The monoisotopic (exact) mass is 274 g/mol. The van der Waals surface area contributed by atoms with E-state index in [0.29, 0.717) is 13.0 Å². The zero-order chi connectivity index (χ0) is 14.7. The fourth-order valence-corrected chi connectivity index (χ4v) is 2.28. The maximum atomic E-state index is 12.0. The van der Waals surface area contributed by atoms with E-state index in [1.165, 1.54) is 0 Å².